The highest BCUT2D eigenvalue weighted by Crippen LogP contribution is 2.08. The second-order valence-corrected chi connectivity index (χ2v) is 5.49. The van der Waals surface area contributed by atoms with Gasteiger partial charge in [0.15, 0.2) is 0 Å². The van der Waals surface area contributed by atoms with E-state index < -0.39 is 0 Å². The van der Waals surface area contributed by atoms with Crippen LogP contribution in [0.3, 0.4) is 0 Å². The van der Waals surface area contributed by atoms with Crippen molar-refractivity contribution in [3.63, 3.8) is 0 Å². The van der Waals surface area contributed by atoms with Crippen LogP contribution in [-0.4, -0.2) is 5.78 Å². The number of unbranched alkanes of at least 4 members (excludes halogenated alkanes) is 6. The third-order valence-corrected chi connectivity index (χ3v) is 3.36. The van der Waals surface area contributed by atoms with E-state index in [1.54, 1.807) is 6.92 Å². The molecule has 1 aromatic rings. The van der Waals surface area contributed by atoms with Crippen LogP contribution in [0.4, 0.5) is 0 Å². The third kappa shape index (κ3) is 8.53. The van der Waals surface area contributed by atoms with Crippen molar-refractivity contribution in [1.29, 1.82) is 0 Å². The van der Waals surface area contributed by atoms with Crippen LogP contribution in [0, 0.1) is 18.8 Å². The van der Waals surface area contributed by atoms with Gasteiger partial charge in [-0.25, -0.2) is 0 Å². The average molecular weight is 270 g/mol. The lowest BCUT2D eigenvalue weighted by Crippen LogP contribution is -1.89. The van der Waals surface area contributed by atoms with Crippen LogP contribution in [0.15, 0.2) is 24.3 Å². The van der Waals surface area contributed by atoms with E-state index in [0.717, 1.165) is 24.8 Å². The first-order valence-electron chi connectivity index (χ1n) is 7.73. The standard InChI is InChI=1S/C19H26O/c1-17-13-15-19(16-14-17)12-10-8-6-4-3-5-7-9-11-18(2)20/h13-16H,3-9,11H2,1-2H3. The fraction of sp³-hybridized carbons (Fsp3) is 0.526. The molecule has 1 heteroatoms. The zero-order valence-electron chi connectivity index (χ0n) is 12.9. The molecule has 20 heavy (non-hydrogen) atoms. The Morgan fingerprint density at radius 1 is 0.950 bits per heavy atom. The molecule has 0 bridgehead atoms. The summed E-state index contributed by atoms with van der Waals surface area (Å²) in [7, 11) is 0. The summed E-state index contributed by atoms with van der Waals surface area (Å²) >= 11 is 0. The van der Waals surface area contributed by atoms with Crippen molar-refractivity contribution in [2.45, 2.75) is 65.2 Å². The second kappa shape index (κ2) is 10.3. The molecule has 0 N–H and O–H groups in total. The quantitative estimate of drug-likeness (QED) is 0.477. The van der Waals surface area contributed by atoms with Gasteiger partial charge in [-0.1, -0.05) is 55.2 Å². The Labute approximate surface area is 123 Å². The van der Waals surface area contributed by atoms with Crippen LogP contribution < -0.4 is 0 Å². The van der Waals surface area contributed by atoms with E-state index in [4.69, 9.17) is 0 Å². The molecule has 108 valence electrons. The summed E-state index contributed by atoms with van der Waals surface area (Å²) in [4.78, 5) is 10.8. The predicted octanol–water partition coefficient (Wildman–Crippen LogP) is 5.06. The Kier molecular flexibility index (Phi) is 8.47. The number of rotatable bonds is 8. The summed E-state index contributed by atoms with van der Waals surface area (Å²) in [6.07, 6.45) is 8.94. The SMILES string of the molecule is CC(=O)CCCCCCCCC#Cc1ccc(C)cc1. The summed E-state index contributed by atoms with van der Waals surface area (Å²) in [5.74, 6) is 6.77. The fourth-order valence-electron chi connectivity index (χ4n) is 2.10. The Hall–Kier alpha value is -1.55. The lowest BCUT2D eigenvalue weighted by Gasteiger charge is -1.99. The highest BCUT2D eigenvalue weighted by atomic mass is 16.1. The molecule has 0 fully saturated rings. The lowest BCUT2D eigenvalue weighted by atomic mass is 10.1. The minimum atomic E-state index is 0.316. The molecule has 0 radical (unpaired) electrons. The van der Waals surface area contributed by atoms with Gasteiger partial charge in [-0.2, -0.15) is 0 Å². The molecule has 0 unspecified atom stereocenters. The van der Waals surface area contributed by atoms with Gasteiger partial charge in [0.25, 0.3) is 0 Å². The largest absolute Gasteiger partial charge is 0.300 e. The molecule has 0 amide bonds. The highest BCUT2D eigenvalue weighted by molar-refractivity contribution is 5.75. The molecule has 0 heterocycles. The number of aryl methyl sites for hydroxylation is 1. The molecule has 0 aliphatic heterocycles. The molecule has 0 saturated heterocycles. The Balaban J connectivity index is 2.00. The lowest BCUT2D eigenvalue weighted by molar-refractivity contribution is -0.117. The van der Waals surface area contributed by atoms with Gasteiger partial charge in [-0.05, 0) is 38.8 Å². The minimum Gasteiger partial charge on any atom is -0.300 e. The molecule has 0 spiro atoms. The number of carbonyl (C=O) groups is 1. The van der Waals surface area contributed by atoms with Gasteiger partial charge >= 0.3 is 0 Å². The zero-order chi connectivity index (χ0) is 14.6. The zero-order valence-corrected chi connectivity index (χ0v) is 12.9. The maximum atomic E-state index is 10.8. The van der Waals surface area contributed by atoms with Gasteiger partial charge < -0.3 is 4.79 Å². The molecule has 0 atom stereocenters. The Morgan fingerprint density at radius 2 is 1.55 bits per heavy atom. The highest BCUT2D eigenvalue weighted by Gasteiger charge is 1.94. The van der Waals surface area contributed by atoms with E-state index in [9.17, 15) is 4.79 Å². The van der Waals surface area contributed by atoms with Crippen molar-refractivity contribution in [3.05, 3.63) is 35.4 Å². The predicted molar refractivity (Wildman–Crippen MR) is 85.7 cm³/mol. The van der Waals surface area contributed by atoms with E-state index >= 15 is 0 Å². The molecule has 0 aromatic heterocycles. The number of carbonyl (C=O) groups excluding carboxylic acids is 1. The number of ketones is 1. The van der Waals surface area contributed by atoms with Gasteiger partial charge in [-0.3, -0.25) is 0 Å². The van der Waals surface area contributed by atoms with E-state index in [1.807, 2.05) is 0 Å². The van der Waals surface area contributed by atoms with Gasteiger partial charge in [0.1, 0.15) is 5.78 Å². The maximum absolute atomic E-state index is 10.8. The normalized spacial score (nSPS) is 9.90. The molecule has 0 saturated carbocycles. The summed E-state index contributed by atoms with van der Waals surface area (Å²) < 4.78 is 0. The van der Waals surface area contributed by atoms with Gasteiger partial charge in [0.05, 0.1) is 0 Å². The summed E-state index contributed by atoms with van der Waals surface area (Å²) in [6, 6.07) is 8.37. The van der Waals surface area contributed by atoms with Crippen LogP contribution >= 0.6 is 0 Å². The number of Topliss-reactive ketones (excluding diaryl/α,β-unsaturated/α-hetero) is 1. The van der Waals surface area contributed by atoms with Crippen molar-refractivity contribution in [3.8, 4) is 11.8 Å². The van der Waals surface area contributed by atoms with Crippen molar-refractivity contribution in [2.24, 2.45) is 0 Å². The van der Waals surface area contributed by atoms with Crippen LogP contribution in [-0.2, 0) is 4.79 Å². The van der Waals surface area contributed by atoms with Crippen LogP contribution in [0.5, 0.6) is 0 Å². The van der Waals surface area contributed by atoms with E-state index in [2.05, 4.69) is 43.0 Å². The third-order valence-electron chi connectivity index (χ3n) is 3.36. The second-order valence-electron chi connectivity index (χ2n) is 5.49. The van der Waals surface area contributed by atoms with Gasteiger partial charge in [0.2, 0.25) is 0 Å². The van der Waals surface area contributed by atoms with E-state index in [-0.39, 0.29) is 0 Å². The fourth-order valence-corrected chi connectivity index (χ4v) is 2.10. The van der Waals surface area contributed by atoms with Gasteiger partial charge in [0, 0.05) is 18.4 Å². The van der Waals surface area contributed by atoms with Crippen LogP contribution in [0.2, 0.25) is 0 Å². The minimum absolute atomic E-state index is 0.316. The summed E-state index contributed by atoms with van der Waals surface area (Å²) in [5.41, 5.74) is 2.39. The molecule has 0 aliphatic carbocycles. The van der Waals surface area contributed by atoms with E-state index in [0.29, 0.717) is 5.78 Å². The number of hydrogen-bond donors (Lipinski definition) is 0. The summed E-state index contributed by atoms with van der Waals surface area (Å²) in [6.45, 7) is 3.76. The molecule has 1 rings (SSSR count). The Morgan fingerprint density at radius 3 is 2.20 bits per heavy atom. The van der Waals surface area contributed by atoms with Gasteiger partial charge in [-0.15, -0.1) is 0 Å². The number of benzene rings is 1. The topological polar surface area (TPSA) is 17.1 Å². The van der Waals surface area contributed by atoms with Crippen molar-refractivity contribution >= 4 is 5.78 Å². The van der Waals surface area contributed by atoms with Crippen molar-refractivity contribution < 1.29 is 4.79 Å². The first kappa shape index (κ1) is 16.5. The molecule has 1 aromatic carbocycles. The van der Waals surface area contributed by atoms with Crippen molar-refractivity contribution in [1.82, 2.24) is 0 Å². The Bertz CT molecular complexity index is 445. The smallest absolute Gasteiger partial charge is 0.129 e. The molecule has 0 aliphatic rings. The molecular formula is C19H26O. The molecular weight excluding hydrogens is 244 g/mol. The van der Waals surface area contributed by atoms with Crippen LogP contribution in [0.25, 0.3) is 0 Å². The first-order valence-corrected chi connectivity index (χ1v) is 7.73. The molecule has 1 nitrogen and oxygen atoms in total. The summed E-state index contributed by atoms with van der Waals surface area (Å²) in [5, 5.41) is 0. The average Bonchev–Trinajstić information content (AvgIpc) is 2.42. The monoisotopic (exact) mass is 270 g/mol. The number of hydrogen-bond acceptors (Lipinski definition) is 1. The van der Waals surface area contributed by atoms with Crippen LogP contribution in [0.1, 0.15) is 69.4 Å². The first-order chi connectivity index (χ1) is 9.68. The van der Waals surface area contributed by atoms with E-state index in [1.165, 1.54) is 37.7 Å². The van der Waals surface area contributed by atoms with Crippen molar-refractivity contribution in [2.75, 3.05) is 0 Å². The maximum Gasteiger partial charge on any atom is 0.129 e.